The van der Waals surface area contributed by atoms with Crippen LogP contribution in [0.1, 0.15) is 76.8 Å². The molecule has 15 nitrogen and oxygen atoms in total. The van der Waals surface area contributed by atoms with Gasteiger partial charge in [-0.25, -0.2) is 4.79 Å². The molecule has 0 unspecified atom stereocenters. The van der Waals surface area contributed by atoms with Crippen molar-refractivity contribution in [1.29, 1.82) is 0 Å². The molecule has 6 rings (SSSR count). The minimum Gasteiger partial charge on any atom is -0.391 e. The van der Waals surface area contributed by atoms with Crippen LogP contribution in [0.15, 0.2) is 48.5 Å². The Hall–Kier alpha value is -4.58. The Morgan fingerprint density at radius 3 is 2.26 bits per heavy atom. The minimum absolute atomic E-state index is 0.0423. The molecule has 3 aliphatic heterocycles. The van der Waals surface area contributed by atoms with Gasteiger partial charge in [0.2, 0.25) is 29.5 Å². The van der Waals surface area contributed by atoms with Crippen LogP contribution in [0.5, 0.6) is 0 Å². The van der Waals surface area contributed by atoms with E-state index in [1.165, 1.54) is 16.7 Å². The fraction of sp³-hybridized carbons (Fsp3) is 0.548. The van der Waals surface area contributed by atoms with E-state index in [4.69, 9.17) is 0 Å². The van der Waals surface area contributed by atoms with Gasteiger partial charge in [-0.2, -0.15) is 0 Å². The van der Waals surface area contributed by atoms with Crippen LogP contribution < -0.4 is 21.3 Å². The SMILES string of the molecule is Cc1cccc(C[C@H](NC(=O)Nc2ccc(I)cc2)C(=O)N[C@H](C(=O)N2CCC[C@H]2C(=O)N2CCCC[C@H]2C(=O)N[C@@H](C)C(=O)N2C[C@@H](C)C[C@]23CC3=O)[C@H](C)O)c1. The third-order valence-electron chi connectivity index (χ3n) is 11.7. The highest BCUT2D eigenvalue weighted by Gasteiger charge is 2.63. The number of ketones is 1. The predicted octanol–water partition coefficient (Wildman–Crippen LogP) is 2.65. The lowest BCUT2D eigenvalue weighted by Crippen LogP contribution is -2.62. The molecule has 2 aromatic rings. The van der Waals surface area contributed by atoms with Crippen LogP contribution in [-0.4, -0.2) is 123 Å². The molecular weight excluding hydrogens is 857 g/mol. The maximum absolute atomic E-state index is 14.3. The summed E-state index contributed by atoms with van der Waals surface area (Å²) in [5.41, 5.74) is 1.50. The molecule has 1 spiro atoms. The zero-order valence-electron chi connectivity index (χ0n) is 33.5. The molecule has 5 N–H and O–H groups in total. The van der Waals surface area contributed by atoms with Crippen LogP contribution in [0, 0.1) is 16.4 Å². The molecule has 4 aliphatic rings. The molecule has 7 amide bonds. The van der Waals surface area contributed by atoms with Crippen molar-refractivity contribution >= 4 is 69.6 Å². The van der Waals surface area contributed by atoms with E-state index in [1.54, 1.807) is 24.0 Å². The molecule has 16 heteroatoms. The van der Waals surface area contributed by atoms with Gasteiger partial charge >= 0.3 is 6.03 Å². The second kappa shape index (κ2) is 18.1. The number of carbonyl (C=O) groups is 7. The van der Waals surface area contributed by atoms with Crippen LogP contribution in [0.2, 0.25) is 0 Å². The van der Waals surface area contributed by atoms with E-state index in [0.29, 0.717) is 57.2 Å². The Labute approximate surface area is 352 Å². The highest BCUT2D eigenvalue weighted by molar-refractivity contribution is 14.1. The number of carbonyl (C=O) groups excluding carboxylic acids is 7. The first-order chi connectivity index (χ1) is 27.6. The quantitative estimate of drug-likeness (QED) is 0.201. The molecule has 312 valence electrons. The van der Waals surface area contributed by atoms with Gasteiger partial charge in [0, 0.05) is 41.7 Å². The van der Waals surface area contributed by atoms with Crippen LogP contribution in [0.25, 0.3) is 0 Å². The summed E-state index contributed by atoms with van der Waals surface area (Å²) in [7, 11) is 0. The first-order valence-electron chi connectivity index (χ1n) is 20.2. The zero-order chi connectivity index (χ0) is 41.9. The Bertz CT molecular complexity index is 1930. The maximum Gasteiger partial charge on any atom is 0.319 e. The van der Waals surface area contributed by atoms with E-state index in [-0.39, 0.29) is 37.1 Å². The van der Waals surface area contributed by atoms with Crippen LogP contribution in [0.4, 0.5) is 10.5 Å². The monoisotopic (exact) mass is 911 g/mol. The molecule has 3 heterocycles. The number of benzene rings is 2. The van der Waals surface area contributed by atoms with Gasteiger partial charge in [-0.15, -0.1) is 0 Å². The molecule has 4 fully saturated rings. The second-order valence-corrected chi connectivity index (χ2v) is 17.7. The first-order valence-corrected chi connectivity index (χ1v) is 21.3. The van der Waals surface area contributed by atoms with Gasteiger partial charge in [0.15, 0.2) is 5.78 Å². The fourth-order valence-electron chi connectivity index (χ4n) is 8.71. The summed E-state index contributed by atoms with van der Waals surface area (Å²) in [4.78, 5) is 99.7. The van der Waals surface area contributed by atoms with Crippen LogP contribution >= 0.6 is 22.6 Å². The van der Waals surface area contributed by atoms with Crippen LogP contribution in [-0.2, 0) is 35.2 Å². The normalized spacial score (nSPS) is 24.8. The van der Waals surface area contributed by atoms with E-state index < -0.39 is 71.5 Å². The highest BCUT2D eigenvalue weighted by atomic mass is 127. The largest absolute Gasteiger partial charge is 0.391 e. The predicted molar refractivity (Wildman–Crippen MR) is 223 cm³/mol. The summed E-state index contributed by atoms with van der Waals surface area (Å²) in [6, 6.07) is 8.68. The summed E-state index contributed by atoms with van der Waals surface area (Å²) in [6.07, 6.45) is 2.23. The van der Waals surface area contributed by atoms with Gasteiger partial charge in [0.1, 0.15) is 35.7 Å². The number of nitrogens with one attached hydrogen (secondary N) is 4. The maximum atomic E-state index is 14.3. The third-order valence-corrected chi connectivity index (χ3v) is 12.5. The number of amides is 7. The molecule has 2 aromatic carbocycles. The van der Waals surface area contributed by atoms with Gasteiger partial charge in [0.05, 0.1) is 6.10 Å². The van der Waals surface area contributed by atoms with Gasteiger partial charge in [-0.1, -0.05) is 36.8 Å². The van der Waals surface area contributed by atoms with Gasteiger partial charge in [-0.3, -0.25) is 28.8 Å². The molecule has 0 aromatic heterocycles. The Morgan fingerprint density at radius 1 is 0.897 bits per heavy atom. The van der Waals surface area contributed by atoms with Gasteiger partial charge in [-0.05, 0) is 118 Å². The lowest BCUT2D eigenvalue weighted by molar-refractivity contribution is -0.152. The topological polar surface area (TPSA) is 198 Å². The molecular formula is C42H54IN7O8. The average molecular weight is 912 g/mol. The van der Waals surface area contributed by atoms with Crippen molar-refractivity contribution < 1.29 is 38.7 Å². The standard InChI is InChI=1S/C42H54IN7O8/c1-24-9-7-10-28(19-24)20-31(46-41(58)45-30-15-13-29(43)14-16-30)36(53)47-35(27(4)51)40(57)49-18-8-12-33(49)39(56)48-17-6-5-11-32(48)37(54)44-26(3)38(55)50-23-25(2)21-42(50)22-34(42)52/h7,9-10,13-16,19,25-27,31-33,35,51H,5-6,8,11-12,17-18,20-23H2,1-4H3,(H,44,54)(H,47,53)(H2,45,46,58)/t25-,26-,27-,31-,32-,33-,35-,42+/m0/s1. The molecule has 0 radical (unpaired) electrons. The number of likely N-dealkylation sites (tertiary alicyclic amines) is 3. The average Bonchev–Trinajstić information content (AvgIpc) is 3.46. The van der Waals surface area contributed by atoms with Crippen LogP contribution in [0.3, 0.4) is 0 Å². The second-order valence-electron chi connectivity index (χ2n) is 16.4. The molecule has 58 heavy (non-hydrogen) atoms. The van der Waals surface area contributed by atoms with Crippen molar-refractivity contribution in [3.8, 4) is 0 Å². The number of Topliss-reactive ketones (excluding diaryl/α,β-unsaturated/α-hetero) is 1. The number of hydrogen-bond donors (Lipinski definition) is 5. The number of aliphatic hydroxyl groups excluding tert-OH is 1. The number of anilines is 1. The molecule has 8 atom stereocenters. The Morgan fingerprint density at radius 2 is 1.59 bits per heavy atom. The van der Waals surface area contributed by atoms with Gasteiger partial charge in [0.25, 0.3) is 0 Å². The summed E-state index contributed by atoms with van der Waals surface area (Å²) < 4.78 is 0.981. The van der Waals surface area contributed by atoms with Crippen molar-refractivity contribution in [3.63, 3.8) is 0 Å². The number of rotatable bonds is 12. The number of urea groups is 1. The molecule has 1 aliphatic carbocycles. The number of nitrogens with zero attached hydrogens (tertiary/aromatic N) is 3. The Kier molecular flexibility index (Phi) is 13.4. The van der Waals surface area contributed by atoms with Crippen molar-refractivity contribution in [2.24, 2.45) is 5.92 Å². The third kappa shape index (κ3) is 9.64. The van der Waals surface area contributed by atoms with E-state index in [0.717, 1.165) is 14.7 Å². The number of piperidine rings is 1. The van der Waals surface area contributed by atoms with E-state index in [2.05, 4.69) is 43.9 Å². The highest BCUT2D eigenvalue weighted by Crippen LogP contribution is 2.48. The van der Waals surface area contributed by atoms with Crippen molar-refractivity contribution in [1.82, 2.24) is 30.7 Å². The van der Waals surface area contributed by atoms with E-state index in [9.17, 15) is 38.7 Å². The smallest absolute Gasteiger partial charge is 0.319 e. The lowest BCUT2D eigenvalue weighted by atomic mass is 9.99. The number of aryl methyl sites for hydroxylation is 1. The lowest BCUT2D eigenvalue weighted by Gasteiger charge is -2.39. The van der Waals surface area contributed by atoms with Crippen molar-refractivity contribution in [2.75, 3.05) is 25.0 Å². The number of halogens is 1. The minimum atomic E-state index is -1.44. The molecule has 0 bridgehead atoms. The summed E-state index contributed by atoms with van der Waals surface area (Å²) in [6.45, 7) is 7.81. The van der Waals surface area contributed by atoms with E-state index >= 15 is 0 Å². The summed E-state index contributed by atoms with van der Waals surface area (Å²) in [5.74, 6) is -2.34. The van der Waals surface area contributed by atoms with Crippen molar-refractivity contribution in [2.45, 2.75) is 121 Å². The summed E-state index contributed by atoms with van der Waals surface area (Å²) in [5, 5.41) is 21.8. The first kappa shape index (κ1) is 43.0. The molecule has 1 saturated carbocycles. The number of aliphatic hydroxyl groups is 1. The zero-order valence-corrected chi connectivity index (χ0v) is 35.6. The Balaban J connectivity index is 1.13. The van der Waals surface area contributed by atoms with Crippen molar-refractivity contribution in [3.05, 3.63) is 63.2 Å². The fourth-order valence-corrected chi connectivity index (χ4v) is 9.07. The summed E-state index contributed by atoms with van der Waals surface area (Å²) >= 11 is 2.15. The molecule has 3 saturated heterocycles. The number of hydrogen-bond acceptors (Lipinski definition) is 8. The van der Waals surface area contributed by atoms with Gasteiger partial charge < -0.3 is 41.1 Å². The van der Waals surface area contributed by atoms with E-state index in [1.807, 2.05) is 50.2 Å².